The fourth-order valence-corrected chi connectivity index (χ4v) is 6.96. The third-order valence-corrected chi connectivity index (χ3v) is 9.55. The van der Waals surface area contributed by atoms with Crippen molar-refractivity contribution in [2.24, 2.45) is 0 Å². The first-order chi connectivity index (χ1) is 24.2. The fraction of sp³-hybridized carbons (Fsp3) is 0.406. The number of carbonyl (C=O) groups is 2. The third-order valence-electron chi connectivity index (χ3n) is 9.24. The van der Waals surface area contributed by atoms with Crippen molar-refractivity contribution < 1.29 is 41.7 Å². The van der Waals surface area contributed by atoms with Crippen LogP contribution in [0.15, 0.2) is 35.4 Å². The molecule has 1 fully saturated rings. The van der Waals surface area contributed by atoms with Gasteiger partial charge in [0.05, 0.1) is 59.1 Å². The van der Waals surface area contributed by atoms with Crippen LogP contribution in [-0.4, -0.2) is 83.4 Å². The number of anilines is 1. The van der Waals surface area contributed by atoms with Crippen molar-refractivity contribution in [3.8, 4) is 5.75 Å². The Hall–Kier alpha value is -4.94. The number of aromatic nitrogens is 6. The summed E-state index contributed by atoms with van der Waals surface area (Å²) in [6.45, 7) is 2.59. The highest BCUT2D eigenvalue weighted by Crippen LogP contribution is 2.49. The predicted molar refractivity (Wildman–Crippen MR) is 171 cm³/mol. The zero-order valence-corrected chi connectivity index (χ0v) is 27.8. The van der Waals surface area contributed by atoms with Crippen molar-refractivity contribution in [3.05, 3.63) is 80.0 Å². The Morgan fingerprint density at radius 3 is 2.71 bits per heavy atom. The molecular weight excluding hydrogens is 704 g/mol. The maximum absolute atomic E-state index is 16.6. The maximum atomic E-state index is 16.6. The number of amides is 2. The summed E-state index contributed by atoms with van der Waals surface area (Å²) in [6, 6.07) is 2.48. The molecule has 19 heteroatoms. The van der Waals surface area contributed by atoms with Gasteiger partial charge in [-0.05, 0) is 44.0 Å². The Labute approximate surface area is 290 Å². The lowest BCUT2D eigenvalue weighted by Gasteiger charge is -2.41. The number of aromatic hydroxyl groups is 1. The molecule has 3 atom stereocenters. The van der Waals surface area contributed by atoms with Crippen molar-refractivity contribution in [1.82, 2.24) is 34.0 Å². The summed E-state index contributed by atoms with van der Waals surface area (Å²) in [5.41, 5.74) is -3.10. The second kappa shape index (κ2) is 12.7. The van der Waals surface area contributed by atoms with E-state index in [9.17, 15) is 32.7 Å². The molecule has 3 aliphatic rings. The van der Waals surface area contributed by atoms with Gasteiger partial charge in [0.1, 0.15) is 18.5 Å². The minimum atomic E-state index is -4.65. The quantitative estimate of drug-likeness (QED) is 0.287. The molecule has 0 aliphatic carbocycles. The number of nitrogens with zero attached hydrogens (tertiary/aromatic N) is 7. The number of likely N-dealkylation sites (tertiary alicyclic amines) is 1. The summed E-state index contributed by atoms with van der Waals surface area (Å²) in [5, 5.41) is 17.0. The Balaban J connectivity index is 1.28. The summed E-state index contributed by atoms with van der Waals surface area (Å²) in [7, 11) is 0. The van der Waals surface area contributed by atoms with Crippen molar-refractivity contribution >= 4 is 40.5 Å². The molecule has 0 saturated carbocycles. The van der Waals surface area contributed by atoms with Gasteiger partial charge in [0.15, 0.2) is 23.4 Å². The predicted octanol–water partition coefficient (Wildman–Crippen LogP) is 3.98. The lowest BCUT2D eigenvalue weighted by atomic mass is 9.83. The first-order valence-corrected chi connectivity index (χ1v) is 16.2. The number of aryl methyl sites for hydroxylation is 1. The average molecular weight is 733 g/mol. The van der Waals surface area contributed by atoms with Crippen LogP contribution in [0.1, 0.15) is 64.7 Å². The van der Waals surface area contributed by atoms with Crippen LogP contribution in [0, 0.1) is 6.92 Å². The minimum Gasteiger partial charge on any atom is -0.504 e. The molecular formula is C32H29ClF4N8O6. The molecule has 2 amide bonds. The van der Waals surface area contributed by atoms with Crippen LogP contribution in [0.5, 0.6) is 5.75 Å². The van der Waals surface area contributed by atoms with Gasteiger partial charge in [-0.2, -0.15) is 22.7 Å². The van der Waals surface area contributed by atoms with Gasteiger partial charge in [-0.3, -0.25) is 14.4 Å². The minimum absolute atomic E-state index is 0.0556. The standard InChI is InChI=1S/C32H29ClF4N8O6/c1-15-26(47)24(39-14-38-15)29(49)43-8-7-31(21(34)12-43)23-25(16(2)51-31)44(13-22(46)40-20-4-3-18(11-19(20)33)32(35,36)37)30-41-27(42-45(30)28(23)48)17-5-9-50-10-6-17/h3-5,11,14,16,21,47H,6-10,12-13H2,1-2H3,(H,40,46)/t16-,21-,31-/m1/s1. The Kier molecular flexibility index (Phi) is 8.58. The van der Waals surface area contributed by atoms with Gasteiger partial charge in [-0.15, -0.1) is 5.10 Å². The van der Waals surface area contributed by atoms with Crippen LogP contribution in [-0.2, 0) is 32.6 Å². The molecule has 0 radical (unpaired) electrons. The van der Waals surface area contributed by atoms with E-state index in [0.717, 1.165) is 27.9 Å². The zero-order valence-electron chi connectivity index (χ0n) is 27.0. The maximum Gasteiger partial charge on any atom is 0.416 e. The van der Waals surface area contributed by atoms with E-state index in [1.54, 1.807) is 13.0 Å². The van der Waals surface area contributed by atoms with Gasteiger partial charge < -0.3 is 29.4 Å². The number of benzene rings is 1. The highest BCUT2D eigenvalue weighted by Gasteiger charge is 2.56. The summed E-state index contributed by atoms with van der Waals surface area (Å²) >= 11 is 6.09. The molecule has 7 rings (SSSR count). The number of nitrogens with one attached hydrogen (secondary N) is 1. The molecule has 0 bridgehead atoms. The number of fused-ring (bicyclic) bond motifs is 3. The van der Waals surface area contributed by atoms with Gasteiger partial charge in [0.25, 0.3) is 11.5 Å². The lowest BCUT2D eigenvalue weighted by Crippen LogP contribution is -2.55. The van der Waals surface area contributed by atoms with E-state index in [-0.39, 0.29) is 57.9 Å². The number of piperidine rings is 1. The van der Waals surface area contributed by atoms with E-state index >= 15 is 4.39 Å². The molecule has 1 spiro atoms. The smallest absolute Gasteiger partial charge is 0.416 e. The monoisotopic (exact) mass is 732 g/mol. The van der Waals surface area contributed by atoms with Crippen LogP contribution < -0.4 is 10.9 Å². The van der Waals surface area contributed by atoms with E-state index in [0.29, 0.717) is 31.3 Å². The molecule has 0 unspecified atom stereocenters. The van der Waals surface area contributed by atoms with Crippen molar-refractivity contribution in [3.63, 3.8) is 0 Å². The van der Waals surface area contributed by atoms with Gasteiger partial charge >= 0.3 is 6.18 Å². The number of halogens is 5. The molecule has 2 N–H and O–H groups in total. The fourth-order valence-electron chi connectivity index (χ4n) is 6.73. The largest absolute Gasteiger partial charge is 0.504 e. The molecule has 1 aromatic carbocycles. The highest BCUT2D eigenvalue weighted by molar-refractivity contribution is 6.33. The Morgan fingerprint density at radius 1 is 1.24 bits per heavy atom. The normalized spacial score (nSPS) is 21.9. The summed E-state index contributed by atoms with van der Waals surface area (Å²) in [4.78, 5) is 54.6. The summed E-state index contributed by atoms with van der Waals surface area (Å²) < 4.78 is 70.2. The first kappa shape index (κ1) is 34.5. The summed E-state index contributed by atoms with van der Waals surface area (Å²) in [5.74, 6) is -1.78. The lowest BCUT2D eigenvalue weighted by molar-refractivity contribution is -0.143. The van der Waals surface area contributed by atoms with E-state index in [1.807, 2.05) is 0 Å². The first-order valence-electron chi connectivity index (χ1n) is 15.8. The van der Waals surface area contributed by atoms with Gasteiger partial charge in [-0.1, -0.05) is 17.7 Å². The molecule has 4 aromatic rings. The van der Waals surface area contributed by atoms with Crippen LogP contribution >= 0.6 is 11.6 Å². The van der Waals surface area contributed by atoms with E-state index in [2.05, 4.69) is 25.4 Å². The Bertz CT molecular complexity index is 2190. The van der Waals surface area contributed by atoms with Crippen molar-refractivity contribution in [2.75, 3.05) is 31.6 Å². The second-order valence-corrected chi connectivity index (χ2v) is 12.8. The molecule has 3 aliphatic heterocycles. The van der Waals surface area contributed by atoms with Gasteiger partial charge in [0.2, 0.25) is 11.7 Å². The third kappa shape index (κ3) is 5.89. The molecule has 6 heterocycles. The number of hydrogen-bond donors (Lipinski definition) is 2. The summed E-state index contributed by atoms with van der Waals surface area (Å²) in [6.07, 6.45) is -4.44. The zero-order chi connectivity index (χ0) is 36.4. The molecule has 1 saturated heterocycles. The molecule has 3 aromatic heterocycles. The van der Waals surface area contributed by atoms with Crippen LogP contribution in [0.2, 0.25) is 5.02 Å². The number of rotatable bonds is 5. The van der Waals surface area contributed by atoms with E-state index < -0.39 is 65.8 Å². The van der Waals surface area contributed by atoms with Crippen LogP contribution in [0.3, 0.4) is 0 Å². The SMILES string of the molecule is Cc1ncnc(C(=O)N2CC[C@@]3(O[C@H](C)c4c3c(=O)n3nc(C5=CCOCC5)nc3n4CC(=O)Nc3ccc(C(F)(F)F)cc3Cl)[C@H](F)C2)c1O. The molecule has 268 valence electrons. The van der Waals surface area contributed by atoms with Crippen LogP contribution in [0.4, 0.5) is 23.2 Å². The molecule has 14 nitrogen and oxygen atoms in total. The number of carbonyl (C=O) groups excluding carboxylic acids is 2. The van der Waals surface area contributed by atoms with Crippen molar-refractivity contribution in [2.45, 2.75) is 57.3 Å². The highest BCUT2D eigenvalue weighted by atomic mass is 35.5. The topological polar surface area (TPSA) is 166 Å². The average Bonchev–Trinajstić information content (AvgIpc) is 3.67. The number of hydrogen-bond acceptors (Lipinski definition) is 10. The van der Waals surface area contributed by atoms with E-state index in [4.69, 9.17) is 21.1 Å². The number of alkyl halides is 4. The Morgan fingerprint density at radius 2 is 2.02 bits per heavy atom. The molecule has 51 heavy (non-hydrogen) atoms. The van der Waals surface area contributed by atoms with Gasteiger partial charge in [0, 0.05) is 13.0 Å². The van der Waals surface area contributed by atoms with Crippen molar-refractivity contribution in [1.29, 1.82) is 0 Å². The number of ether oxygens (including phenoxy) is 2. The van der Waals surface area contributed by atoms with Gasteiger partial charge in [-0.25, -0.2) is 14.4 Å². The van der Waals surface area contributed by atoms with E-state index in [1.165, 1.54) is 11.5 Å². The second-order valence-electron chi connectivity index (χ2n) is 12.4. The van der Waals surface area contributed by atoms with Crippen LogP contribution in [0.25, 0.3) is 11.4 Å².